The van der Waals surface area contributed by atoms with E-state index in [9.17, 15) is 4.79 Å². The van der Waals surface area contributed by atoms with Crippen LogP contribution in [0, 0.1) is 0 Å². The number of nitrogens with one attached hydrogen (secondary N) is 1. The predicted octanol–water partition coefficient (Wildman–Crippen LogP) is 3.72. The molecule has 28 heavy (non-hydrogen) atoms. The van der Waals surface area contributed by atoms with Crippen LogP contribution in [-0.4, -0.2) is 48.3 Å². The van der Waals surface area contributed by atoms with Crippen molar-refractivity contribution in [2.24, 2.45) is 0 Å². The lowest BCUT2D eigenvalue weighted by Crippen LogP contribution is -2.28. The highest BCUT2D eigenvalue weighted by molar-refractivity contribution is 5.93. The number of aromatic nitrogens is 2. The van der Waals surface area contributed by atoms with Gasteiger partial charge in [0, 0.05) is 24.6 Å². The Morgan fingerprint density at radius 3 is 2.61 bits per heavy atom. The number of carbonyl (C=O) groups is 1. The summed E-state index contributed by atoms with van der Waals surface area (Å²) in [6.45, 7) is 1.45. The van der Waals surface area contributed by atoms with E-state index in [4.69, 9.17) is 9.47 Å². The molecular weight excluding hydrogens is 354 g/mol. The van der Waals surface area contributed by atoms with Gasteiger partial charge < -0.3 is 14.4 Å². The SMILES string of the molecule is COc1ccc([C@H]2CCN(C(=O)c3cc(-c4cccc(OC)c4)n[nH]3)C2)cc1. The third-order valence-corrected chi connectivity index (χ3v) is 5.24. The van der Waals surface area contributed by atoms with Crippen molar-refractivity contribution in [2.75, 3.05) is 27.3 Å². The number of carbonyl (C=O) groups excluding carboxylic acids is 1. The molecule has 6 heteroatoms. The number of methoxy groups -OCH3 is 2. The largest absolute Gasteiger partial charge is 0.497 e. The second-order valence-corrected chi connectivity index (χ2v) is 6.91. The molecule has 0 saturated carbocycles. The average molecular weight is 377 g/mol. The summed E-state index contributed by atoms with van der Waals surface area (Å²) < 4.78 is 10.5. The Hall–Kier alpha value is -3.28. The minimum atomic E-state index is -0.0161. The zero-order valence-electron chi connectivity index (χ0n) is 16.0. The van der Waals surface area contributed by atoms with Crippen molar-refractivity contribution in [1.82, 2.24) is 15.1 Å². The maximum Gasteiger partial charge on any atom is 0.271 e. The van der Waals surface area contributed by atoms with Gasteiger partial charge in [-0.3, -0.25) is 9.89 Å². The van der Waals surface area contributed by atoms with Gasteiger partial charge in [0.2, 0.25) is 0 Å². The van der Waals surface area contributed by atoms with Gasteiger partial charge in [-0.2, -0.15) is 5.10 Å². The number of rotatable bonds is 5. The highest BCUT2D eigenvalue weighted by Crippen LogP contribution is 2.30. The lowest BCUT2D eigenvalue weighted by molar-refractivity contribution is 0.0785. The molecule has 0 spiro atoms. The molecule has 1 atom stereocenters. The molecule has 0 bridgehead atoms. The highest BCUT2D eigenvalue weighted by Gasteiger charge is 2.29. The van der Waals surface area contributed by atoms with Crippen LogP contribution in [-0.2, 0) is 0 Å². The highest BCUT2D eigenvalue weighted by atomic mass is 16.5. The fraction of sp³-hybridized carbons (Fsp3) is 0.273. The molecule has 1 aliphatic heterocycles. The molecule has 2 heterocycles. The second kappa shape index (κ2) is 7.76. The average Bonchev–Trinajstić information content (AvgIpc) is 3.44. The van der Waals surface area contributed by atoms with Gasteiger partial charge in [-0.05, 0) is 42.3 Å². The van der Waals surface area contributed by atoms with Crippen molar-refractivity contribution in [3.05, 3.63) is 65.9 Å². The first-order valence-electron chi connectivity index (χ1n) is 9.31. The molecule has 1 amide bonds. The summed E-state index contributed by atoms with van der Waals surface area (Å²) in [5.41, 5.74) is 3.38. The quantitative estimate of drug-likeness (QED) is 0.736. The van der Waals surface area contributed by atoms with Crippen LogP contribution >= 0.6 is 0 Å². The Kier molecular flexibility index (Phi) is 5.02. The van der Waals surface area contributed by atoms with Crippen LogP contribution in [0.15, 0.2) is 54.6 Å². The van der Waals surface area contributed by atoms with E-state index in [0.29, 0.717) is 18.2 Å². The molecule has 3 aromatic rings. The normalized spacial score (nSPS) is 16.2. The van der Waals surface area contributed by atoms with Gasteiger partial charge in [0.15, 0.2) is 0 Å². The number of aromatic amines is 1. The zero-order valence-corrected chi connectivity index (χ0v) is 16.0. The molecule has 0 aliphatic carbocycles. The lowest BCUT2D eigenvalue weighted by atomic mass is 9.98. The van der Waals surface area contributed by atoms with Crippen molar-refractivity contribution in [3.63, 3.8) is 0 Å². The van der Waals surface area contributed by atoms with Crippen molar-refractivity contribution < 1.29 is 14.3 Å². The molecule has 144 valence electrons. The molecule has 1 N–H and O–H groups in total. The van der Waals surface area contributed by atoms with Gasteiger partial charge in [-0.1, -0.05) is 24.3 Å². The van der Waals surface area contributed by atoms with E-state index in [1.807, 2.05) is 41.3 Å². The monoisotopic (exact) mass is 377 g/mol. The number of hydrogen-bond acceptors (Lipinski definition) is 4. The molecule has 1 saturated heterocycles. The van der Waals surface area contributed by atoms with Crippen molar-refractivity contribution in [1.29, 1.82) is 0 Å². The van der Waals surface area contributed by atoms with Crippen LogP contribution < -0.4 is 9.47 Å². The van der Waals surface area contributed by atoms with Gasteiger partial charge in [0.1, 0.15) is 17.2 Å². The van der Waals surface area contributed by atoms with E-state index >= 15 is 0 Å². The number of hydrogen-bond donors (Lipinski definition) is 1. The Morgan fingerprint density at radius 1 is 1.07 bits per heavy atom. The Bertz CT molecular complexity index is 965. The smallest absolute Gasteiger partial charge is 0.271 e. The summed E-state index contributed by atoms with van der Waals surface area (Å²) in [5, 5.41) is 7.20. The van der Waals surface area contributed by atoms with Crippen LogP contribution in [0.3, 0.4) is 0 Å². The summed E-state index contributed by atoms with van der Waals surface area (Å²) in [6.07, 6.45) is 0.953. The Labute approximate surface area is 164 Å². The van der Waals surface area contributed by atoms with Gasteiger partial charge in [0.05, 0.1) is 19.9 Å². The van der Waals surface area contributed by atoms with Crippen LogP contribution in [0.2, 0.25) is 0 Å². The third kappa shape index (κ3) is 3.58. The molecule has 1 fully saturated rings. The second-order valence-electron chi connectivity index (χ2n) is 6.91. The zero-order chi connectivity index (χ0) is 19.5. The number of ether oxygens (including phenoxy) is 2. The minimum absolute atomic E-state index is 0.0161. The van der Waals surface area contributed by atoms with Gasteiger partial charge >= 0.3 is 0 Å². The van der Waals surface area contributed by atoms with Crippen LogP contribution in [0.5, 0.6) is 11.5 Å². The molecule has 4 rings (SSSR count). The maximum atomic E-state index is 12.9. The minimum Gasteiger partial charge on any atom is -0.497 e. The van der Waals surface area contributed by atoms with Crippen LogP contribution in [0.4, 0.5) is 0 Å². The van der Waals surface area contributed by atoms with E-state index in [1.54, 1.807) is 20.3 Å². The third-order valence-electron chi connectivity index (χ3n) is 5.24. The van der Waals surface area contributed by atoms with E-state index in [2.05, 4.69) is 22.3 Å². The molecule has 1 aliphatic rings. The summed E-state index contributed by atoms with van der Waals surface area (Å²) >= 11 is 0. The van der Waals surface area contributed by atoms with E-state index < -0.39 is 0 Å². The molecule has 6 nitrogen and oxygen atoms in total. The van der Waals surface area contributed by atoms with Crippen molar-refractivity contribution >= 4 is 5.91 Å². The Balaban J connectivity index is 1.45. The fourth-order valence-corrected chi connectivity index (χ4v) is 3.62. The van der Waals surface area contributed by atoms with Crippen LogP contribution in [0.1, 0.15) is 28.4 Å². The van der Waals surface area contributed by atoms with Crippen molar-refractivity contribution in [2.45, 2.75) is 12.3 Å². The molecule has 0 unspecified atom stereocenters. The number of amides is 1. The fourth-order valence-electron chi connectivity index (χ4n) is 3.62. The molecular formula is C22H23N3O3. The van der Waals surface area contributed by atoms with Gasteiger partial charge in [0.25, 0.3) is 5.91 Å². The summed E-state index contributed by atoms with van der Waals surface area (Å²) in [7, 11) is 3.29. The van der Waals surface area contributed by atoms with Gasteiger partial charge in [-0.25, -0.2) is 0 Å². The predicted molar refractivity (Wildman–Crippen MR) is 107 cm³/mol. The number of H-pyrrole nitrogens is 1. The van der Waals surface area contributed by atoms with Gasteiger partial charge in [-0.15, -0.1) is 0 Å². The van der Waals surface area contributed by atoms with E-state index in [-0.39, 0.29) is 5.91 Å². The lowest BCUT2D eigenvalue weighted by Gasteiger charge is -2.15. The molecule has 2 aromatic carbocycles. The first-order chi connectivity index (χ1) is 13.7. The maximum absolute atomic E-state index is 12.9. The summed E-state index contributed by atoms with van der Waals surface area (Å²) in [5.74, 6) is 1.93. The summed E-state index contributed by atoms with van der Waals surface area (Å²) in [4.78, 5) is 14.8. The first-order valence-corrected chi connectivity index (χ1v) is 9.31. The number of likely N-dealkylation sites (tertiary alicyclic amines) is 1. The van der Waals surface area contributed by atoms with Crippen molar-refractivity contribution in [3.8, 4) is 22.8 Å². The number of nitrogens with zero attached hydrogens (tertiary/aromatic N) is 2. The van der Waals surface area contributed by atoms with E-state index in [0.717, 1.165) is 35.7 Å². The summed E-state index contributed by atoms with van der Waals surface area (Å²) in [6, 6.07) is 17.5. The van der Waals surface area contributed by atoms with E-state index in [1.165, 1.54) is 5.56 Å². The standard InChI is InChI=1S/C22H23N3O3/c1-27-18-8-6-15(7-9-18)17-10-11-25(14-17)22(26)21-13-20(23-24-21)16-4-3-5-19(12-16)28-2/h3-9,12-13,17H,10-11,14H2,1-2H3,(H,23,24)/t17-/m0/s1. The van der Waals surface area contributed by atoms with Crippen LogP contribution in [0.25, 0.3) is 11.3 Å². The number of benzene rings is 2. The Morgan fingerprint density at radius 2 is 1.86 bits per heavy atom. The molecule has 1 aromatic heterocycles. The topological polar surface area (TPSA) is 67.4 Å². The first kappa shape index (κ1) is 18.1. The molecule has 0 radical (unpaired) electrons.